The Hall–Kier alpha value is -1.07. The second-order valence-corrected chi connectivity index (χ2v) is 6.36. The molecule has 3 heterocycles. The first-order valence-corrected chi connectivity index (χ1v) is 8.29. The molecule has 0 saturated carbocycles. The summed E-state index contributed by atoms with van der Waals surface area (Å²) < 4.78 is 5.50. The lowest BCUT2D eigenvalue weighted by molar-refractivity contribution is -0.142. The fourth-order valence-electron chi connectivity index (χ4n) is 3.52. The zero-order chi connectivity index (χ0) is 14.7. The van der Waals surface area contributed by atoms with Gasteiger partial charge in [0.05, 0.1) is 0 Å². The molecule has 3 saturated heterocycles. The molecule has 0 spiro atoms. The average molecular weight is 293 g/mol. The van der Waals surface area contributed by atoms with Gasteiger partial charge in [-0.05, 0) is 38.8 Å². The first-order valence-electron chi connectivity index (χ1n) is 8.29. The Balaban J connectivity index is 1.43. The van der Waals surface area contributed by atoms with E-state index >= 15 is 0 Å². The van der Waals surface area contributed by atoms with E-state index in [2.05, 4.69) is 16.4 Å². The highest BCUT2D eigenvalue weighted by atomic mass is 16.5. The van der Waals surface area contributed by atoms with Gasteiger partial charge in [-0.3, -0.25) is 9.69 Å². The van der Waals surface area contributed by atoms with Crippen molar-refractivity contribution < 1.29 is 9.53 Å². The van der Waals surface area contributed by atoms with Gasteiger partial charge in [0.25, 0.3) is 5.91 Å². The standard InChI is InChI=1S/C16H27N3O2/c1-14(13-17-6-2-3-7-17)18-8-10-19(11-9-18)16(20)15-5-4-12-21-15/h15H,1-13H2. The molecule has 1 unspecified atom stereocenters. The predicted molar refractivity (Wildman–Crippen MR) is 81.9 cm³/mol. The van der Waals surface area contributed by atoms with Crippen LogP contribution in [0.2, 0.25) is 0 Å². The van der Waals surface area contributed by atoms with E-state index in [0.717, 1.165) is 52.2 Å². The summed E-state index contributed by atoms with van der Waals surface area (Å²) in [6, 6.07) is 0. The van der Waals surface area contributed by atoms with Crippen LogP contribution in [-0.4, -0.2) is 79.1 Å². The number of carbonyl (C=O) groups is 1. The molecule has 21 heavy (non-hydrogen) atoms. The van der Waals surface area contributed by atoms with Crippen LogP contribution in [0.15, 0.2) is 12.3 Å². The van der Waals surface area contributed by atoms with Gasteiger partial charge < -0.3 is 14.5 Å². The number of rotatable bonds is 4. The Morgan fingerprint density at radius 2 is 1.67 bits per heavy atom. The largest absolute Gasteiger partial charge is 0.371 e. The number of carbonyl (C=O) groups excluding carboxylic acids is 1. The molecular formula is C16H27N3O2. The van der Waals surface area contributed by atoms with E-state index in [1.165, 1.54) is 31.6 Å². The van der Waals surface area contributed by atoms with Crippen LogP contribution in [0.4, 0.5) is 0 Å². The van der Waals surface area contributed by atoms with Crippen molar-refractivity contribution in [3.05, 3.63) is 12.3 Å². The first-order chi connectivity index (χ1) is 10.2. The summed E-state index contributed by atoms with van der Waals surface area (Å²) in [5, 5.41) is 0. The number of hydrogen-bond acceptors (Lipinski definition) is 4. The van der Waals surface area contributed by atoms with Gasteiger partial charge in [0, 0.05) is 45.0 Å². The van der Waals surface area contributed by atoms with Crippen LogP contribution in [0, 0.1) is 0 Å². The van der Waals surface area contributed by atoms with Gasteiger partial charge in [0.2, 0.25) is 0 Å². The maximum atomic E-state index is 12.3. The molecule has 3 rings (SSSR count). The number of nitrogens with zero attached hydrogens (tertiary/aromatic N) is 3. The lowest BCUT2D eigenvalue weighted by Gasteiger charge is -2.38. The van der Waals surface area contributed by atoms with Gasteiger partial charge in [-0.25, -0.2) is 0 Å². The number of ether oxygens (including phenoxy) is 1. The van der Waals surface area contributed by atoms with Gasteiger partial charge in [0.1, 0.15) is 6.10 Å². The Kier molecular flexibility index (Phi) is 4.80. The molecule has 0 aromatic rings. The highest BCUT2D eigenvalue weighted by molar-refractivity contribution is 5.81. The zero-order valence-corrected chi connectivity index (χ0v) is 12.9. The van der Waals surface area contributed by atoms with E-state index in [0.29, 0.717) is 0 Å². The van der Waals surface area contributed by atoms with Gasteiger partial charge in [0.15, 0.2) is 0 Å². The maximum absolute atomic E-state index is 12.3. The fraction of sp³-hybridized carbons (Fsp3) is 0.812. The summed E-state index contributed by atoms with van der Waals surface area (Å²) in [6.45, 7) is 11.8. The molecule has 1 atom stereocenters. The van der Waals surface area contributed by atoms with Crippen molar-refractivity contribution in [2.24, 2.45) is 0 Å². The molecule has 3 fully saturated rings. The van der Waals surface area contributed by atoms with Gasteiger partial charge in [-0.1, -0.05) is 6.58 Å². The minimum absolute atomic E-state index is 0.177. The monoisotopic (exact) mass is 293 g/mol. The second-order valence-electron chi connectivity index (χ2n) is 6.36. The number of likely N-dealkylation sites (tertiary alicyclic amines) is 1. The van der Waals surface area contributed by atoms with Gasteiger partial charge >= 0.3 is 0 Å². The zero-order valence-electron chi connectivity index (χ0n) is 12.9. The van der Waals surface area contributed by atoms with Crippen LogP contribution in [0.25, 0.3) is 0 Å². The lowest BCUT2D eigenvalue weighted by Crippen LogP contribution is -2.51. The van der Waals surface area contributed by atoms with Gasteiger partial charge in [-0.2, -0.15) is 0 Å². The van der Waals surface area contributed by atoms with Crippen molar-refractivity contribution >= 4 is 5.91 Å². The van der Waals surface area contributed by atoms with E-state index in [1.807, 2.05) is 4.90 Å². The molecule has 1 amide bonds. The van der Waals surface area contributed by atoms with E-state index in [1.54, 1.807) is 0 Å². The summed E-state index contributed by atoms with van der Waals surface area (Å²) in [6.07, 6.45) is 4.36. The van der Waals surface area contributed by atoms with Crippen molar-refractivity contribution in [2.45, 2.75) is 31.8 Å². The molecule has 0 aromatic carbocycles. The van der Waals surface area contributed by atoms with Crippen LogP contribution in [0.1, 0.15) is 25.7 Å². The molecule has 0 radical (unpaired) electrons. The van der Waals surface area contributed by atoms with Crippen molar-refractivity contribution in [1.82, 2.24) is 14.7 Å². The summed E-state index contributed by atoms with van der Waals surface area (Å²) in [7, 11) is 0. The molecular weight excluding hydrogens is 266 g/mol. The number of amides is 1. The normalized spacial score (nSPS) is 27.3. The molecule has 3 aliphatic rings. The van der Waals surface area contributed by atoms with Crippen molar-refractivity contribution in [1.29, 1.82) is 0 Å². The molecule has 5 heteroatoms. The minimum atomic E-state index is -0.177. The Morgan fingerprint density at radius 3 is 2.29 bits per heavy atom. The molecule has 0 bridgehead atoms. The quantitative estimate of drug-likeness (QED) is 0.772. The van der Waals surface area contributed by atoms with Crippen molar-refractivity contribution in [2.75, 3.05) is 52.4 Å². The van der Waals surface area contributed by atoms with Crippen LogP contribution in [-0.2, 0) is 9.53 Å². The Bertz CT molecular complexity index is 379. The van der Waals surface area contributed by atoms with Crippen molar-refractivity contribution in [3.8, 4) is 0 Å². The van der Waals surface area contributed by atoms with Crippen LogP contribution >= 0.6 is 0 Å². The van der Waals surface area contributed by atoms with E-state index in [4.69, 9.17) is 4.74 Å². The SMILES string of the molecule is C=C(CN1CCCC1)N1CCN(C(=O)C2CCCO2)CC1. The molecule has 3 aliphatic heterocycles. The summed E-state index contributed by atoms with van der Waals surface area (Å²) in [4.78, 5) is 19.1. The molecule has 0 aliphatic carbocycles. The smallest absolute Gasteiger partial charge is 0.251 e. The van der Waals surface area contributed by atoms with Crippen LogP contribution in [0.3, 0.4) is 0 Å². The first kappa shape index (κ1) is 14.9. The summed E-state index contributed by atoms with van der Waals surface area (Å²) >= 11 is 0. The van der Waals surface area contributed by atoms with Crippen molar-refractivity contribution in [3.63, 3.8) is 0 Å². The highest BCUT2D eigenvalue weighted by Crippen LogP contribution is 2.18. The Morgan fingerprint density at radius 1 is 1.00 bits per heavy atom. The third-order valence-electron chi connectivity index (χ3n) is 4.85. The third kappa shape index (κ3) is 3.58. The lowest BCUT2D eigenvalue weighted by atomic mass is 10.2. The third-order valence-corrected chi connectivity index (χ3v) is 4.85. The summed E-state index contributed by atoms with van der Waals surface area (Å²) in [5.41, 5.74) is 1.21. The highest BCUT2D eigenvalue weighted by Gasteiger charge is 2.30. The van der Waals surface area contributed by atoms with E-state index in [9.17, 15) is 4.79 Å². The maximum Gasteiger partial charge on any atom is 0.251 e. The minimum Gasteiger partial charge on any atom is -0.371 e. The van der Waals surface area contributed by atoms with Crippen LogP contribution < -0.4 is 0 Å². The predicted octanol–water partition coefficient (Wildman–Crippen LogP) is 0.919. The number of hydrogen-bond donors (Lipinski definition) is 0. The molecule has 0 N–H and O–H groups in total. The van der Waals surface area contributed by atoms with Gasteiger partial charge in [-0.15, -0.1) is 0 Å². The van der Waals surface area contributed by atoms with Crippen LogP contribution in [0.5, 0.6) is 0 Å². The van der Waals surface area contributed by atoms with E-state index < -0.39 is 0 Å². The second kappa shape index (κ2) is 6.79. The van der Waals surface area contributed by atoms with E-state index in [-0.39, 0.29) is 12.0 Å². The fourth-order valence-corrected chi connectivity index (χ4v) is 3.52. The summed E-state index contributed by atoms with van der Waals surface area (Å²) in [5.74, 6) is 0.192. The molecule has 0 aromatic heterocycles. The molecule has 118 valence electrons. The average Bonchev–Trinajstić information content (AvgIpc) is 3.20. The topological polar surface area (TPSA) is 36.0 Å². The molecule has 5 nitrogen and oxygen atoms in total. The number of piperazine rings is 1. The Labute approximate surface area is 127 Å².